The molecule has 3 aliphatic heterocycles. The Hall–Kier alpha value is -1.17. The van der Waals surface area contributed by atoms with Gasteiger partial charge in [-0.05, 0) is 43.4 Å². The van der Waals surface area contributed by atoms with Gasteiger partial charge in [0.05, 0.1) is 4.90 Å². The third kappa shape index (κ3) is 3.05. The molecular formula is C16H22N2O2S. The van der Waals surface area contributed by atoms with Crippen LogP contribution < -0.4 is 4.72 Å². The molecule has 5 heteroatoms. The Kier molecular flexibility index (Phi) is 4.15. The third-order valence-corrected chi connectivity index (χ3v) is 6.23. The molecule has 0 radical (unpaired) electrons. The number of rotatable bonds is 5. The molecule has 0 aliphatic carbocycles. The van der Waals surface area contributed by atoms with Gasteiger partial charge in [-0.25, -0.2) is 13.1 Å². The van der Waals surface area contributed by atoms with E-state index >= 15 is 0 Å². The van der Waals surface area contributed by atoms with Crippen LogP contribution >= 0.6 is 0 Å². The average molecular weight is 306 g/mol. The van der Waals surface area contributed by atoms with Gasteiger partial charge in [-0.15, -0.1) is 6.58 Å². The predicted molar refractivity (Wildman–Crippen MR) is 83.4 cm³/mol. The summed E-state index contributed by atoms with van der Waals surface area (Å²) in [5.74, 6) is 1.24. The Morgan fingerprint density at radius 3 is 2.71 bits per heavy atom. The van der Waals surface area contributed by atoms with Crippen molar-refractivity contribution in [1.82, 2.24) is 9.62 Å². The van der Waals surface area contributed by atoms with E-state index in [1.165, 1.54) is 6.42 Å². The molecule has 4 atom stereocenters. The van der Waals surface area contributed by atoms with Crippen LogP contribution in [0.15, 0.2) is 47.9 Å². The minimum Gasteiger partial charge on any atom is -0.298 e. The molecule has 1 N–H and O–H groups in total. The number of nitrogens with zero attached hydrogens (tertiary/aromatic N) is 1. The molecule has 3 saturated heterocycles. The van der Waals surface area contributed by atoms with Gasteiger partial charge in [0, 0.05) is 19.1 Å². The molecule has 3 aliphatic rings. The number of fused-ring (bicyclic) bond motifs is 3. The highest BCUT2D eigenvalue weighted by Gasteiger charge is 2.38. The zero-order valence-corrected chi connectivity index (χ0v) is 12.9. The molecule has 1 aromatic carbocycles. The van der Waals surface area contributed by atoms with Crippen LogP contribution in [0, 0.1) is 11.8 Å². The van der Waals surface area contributed by atoms with Crippen LogP contribution in [-0.2, 0) is 10.0 Å². The van der Waals surface area contributed by atoms with Gasteiger partial charge in [-0.2, -0.15) is 0 Å². The predicted octanol–water partition coefficient (Wildman–Crippen LogP) is 1.86. The average Bonchev–Trinajstić information content (AvgIpc) is 2.54. The zero-order chi connectivity index (χ0) is 14.9. The van der Waals surface area contributed by atoms with E-state index in [-0.39, 0.29) is 0 Å². The number of hydrogen-bond donors (Lipinski definition) is 1. The Bertz CT molecular complexity index is 600. The highest BCUT2D eigenvalue weighted by molar-refractivity contribution is 7.89. The zero-order valence-electron chi connectivity index (χ0n) is 12.1. The lowest BCUT2D eigenvalue weighted by molar-refractivity contribution is 0.0218. The van der Waals surface area contributed by atoms with Crippen LogP contribution in [0.4, 0.5) is 0 Å². The van der Waals surface area contributed by atoms with Gasteiger partial charge in [0.2, 0.25) is 10.0 Å². The third-order valence-electron chi connectivity index (χ3n) is 4.79. The maximum atomic E-state index is 12.3. The number of benzene rings is 1. The van der Waals surface area contributed by atoms with Gasteiger partial charge in [-0.3, -0.25) is 4.90 Å². The van der Waals surface area contributed by atoms with Gasteiger partial charge in [0.1, 0.15) is 0 Å². The lowest BCUT2D eigenvalue weighted by atomic mass is 9.76. The van der Waals surface area contributed by atoms with Crippen molar-refractivity contribution >= 4 is 10.0 Å². The maximum absolute atomic E-state index is 12.3. The van der Waals surface area contributed by atoms with Crippen molar-refractivity contribution < 1.29 is 8.42 Å². The van der Waals surface area contributed by atoms with Crippen molar-refractivity contribution in [2.24, 2.45) is 11.8 Å². The molecule has 1 aromatic rings. The number of piperidine rings is 3. The van der Waals surface area contributed by atoms with E-state index in [1.807, 2.05) is 6.07 Å². The van der Waals surface area contributed by atoms with Crippen LogP contribution in [0.2, 0.25) is 0 Å². The lowest BCUT2D eigenvalue weighted by Crippen LogP contribution is -2.56. The van der Waals surface area contributed by atoms with Crippen molar-refractivity contribution in [3.05, 3.63) is 43.0 Å². The van der Waals surface area contributed by atoms with E-state index < -0.39 is 10.0 Å². The van der Waals surface area contributed by atoms with E-state index in [1.54, 1.807) is 24.3 Å². The molecular weight excluding hydrogens is 284 g/mol. The molecule has 4 nitrogen and oxygen atoms in total. The minimum absolute atomic E-state index is 0.318. The first-order valence-electron chi connectivity index (χ1n) is 7.51. The number of nitrogens with one attached hydrogen (secondary N) is 1. The summed E-state index contributed by atoms with van der Waals surface area (Å²) in [6.45, 7) is 6.51. The molecule has 1 unspecified atom stereocenters. The van der Waals surface area contributed by atoms with Gasteiger partial charge in [0.15, 0.2) is 0 Å². The second kappa shape index (κ2) is 5.91. The monoisotopic (exact) mass is 306 g/mol. The van der Waals surface area contributed by atoms with Gasteiger partial charge < -0.3 is 0 Å². The summed E-state index contributed by atoms with van der Waals surface area (Å²) in [5.41, 5.74) is 0. The SMILES string of the molecule is C=C[C@@H]1CN2CC[C@H]1C[C@@H]2CNS(=O)(=O)c1ccccc1. The van der Waals surface area contributed by atoms with E-state index in [2.05, 4.69) is 22.3 Å². The summed E-state index contributed by atoms with van der Waals surface area (Å²) in [6, 6.07) is 8.89. The first kappa shape index (κ1) is 14.8. The molecule has 0 spiro atoms. The molecule has 0 saturated carbocycles. The van der Waals surface area contributed by atoms with Gasteiger partial charge in [-0.1, -0.05) is 24.3 Å². The molecule has 4 rings (SSSR count). The highest BCUT2D eigenvalue weighted by atomic mass is 32.2. The van der Waals surface area contributed by atoms with Crippen LogP contribution in [0.3, 0.4) is 0 Å². The Labute approximate surface area is 126 Å². The summed E-state index contributed by atoms with van der Waals surface area (Å²) in [5, 5.41) is 0. The summed E-state index contributed by atoms with van der Waals surface area (Å²) in [7, 11) is -3.39. The fourth-order valence-electron chi connectivity index (χ4n) is 3.55. The molecule has 21 heavy (non-hydrogen) atoms. The van der Waals surface area contributed by atoms with Gasteiger partial charge >= 0.3 is 0 Å². The first-order chi connectivity index (χ1) is 10.1. The van der Waals surface area contributed by atoms with Crippen molar-refractivity contribution in [3.8, 4) is 0 Å². The smallest absolute Gasteiger partial charge is 0.240 e. The molecule has 0 aromatic heterocycles. The second-order valence-corrected chi connectivity index (χ2v) is 7.76. The molecule has 2 bridgehead atoms. The summed E-state index contributed by atoms with van der Waals surface area (Å²) in [4.78, 5) is 2.74. The van der Waals surface area contributed by atoms with Crippen LogP contribution in [-0.4, -0.2) is 39.0 Å². The summed E-state index contributed by atoms with van der Waals surface area (Å²) in [6.07, 6.45) is 4.33. The highest BCUT2D eigenvalue weighted by Crippen LogP contribution is 2.36. The molecule has 3 fully saturated rings. The fraction of sp³-hybridized carbons (Fsp3) is 0.500. The Morgan fingerprint density at radius 2 is 2.10 bits per heavy atom. The second-order valence-electron chi connectivity index (χ2n) is 6.00. The van der Waals surface area contributed by atoms with E-state index in [0.29, 0.717) is 29.3 Å². The van der Waals surface area contributed by atoms with Crippen LogP contribution in [0.1, 0.15) is 12.8 Å². The quantitative estimate of drug-likeness (QED) is 0.845. The minimum atomic E-state index is -3.39. The maximum Gasteiger partial charge on any atom is 0.240 e. The van der Waals surface area contributed by atoms with Crippen molar-refractivity contribution in [2.75, 3.05) is 19.6 Å². The number of hydrogen-bond acceptors (Lipinski definition) is 3. The van der Waals surface area contributed by atoms with Gasteiger partial charge in [0.25, 0.3) is 0 Å². The Balaban J connectivity index is 1.63. The molecule has 114 valence electrons. The molecule has 3 heterocycles. The van der Waals surface area contributed by atoms with Crippen molar-refractivity contribution in [2.45, 2.75) is 23.8 Å². The van der Waals surface area contributed by atoms with E-state index in [9.17, 15) is 8.42 Å². The standard InChI is InChI=1S/C16H22N2O2S/c1-2-13-12-18-9-8-14(13)10-15(18)11-17-21(19,20)16-6-4-3-5-7-16/h2-7,13-15,17H,1,8-12H2/t13-,14+,15-/m1/s1. The molecule has 0 amide bonds. The normalized spacial score (nSPS) is 32.0. The summed E-state index contributed by atoms with van der Waals surface area (Å²) < 4.78 is 27.3. The fourth-order valence-corrected chi connectivity index (χ4v) is 4.64. The topological polar surface area (TPSA) is 49.4 Å². The number of sulfonamides is 1. The largest absolute Gasteiger partial charge is 0.298 e. The van der Waals surface area contributed by atoms with Crippen molar-refractivity contribution in [1.29, 1.82) is 0 Å². The van der Waals surface area contributed by atoms with Crippen LogP contribution in [0.25, 0.3) is 0 Å². The summed E-state index contributed by atoms with van der Waals surface area (Å²) >= 11 is 0. The van der Waals surface area contributed by atoms with E-state index in [0.717, 1.165) is 19.5 Å². The Morgan fingerprint density at radius 1 is 1.33 bits per heavy atom. The first-order valence-corrected chi connectivity index (χ1v) is 9.00. The van der Waals surface area contributed by atoms with Crippen molar-refractivity contribution in [3.63, 3.8) is 0 Å². The lowest BCUT2D eigenvalue weighted by Gasteiger charge is -2.49. The van der Waals surface area contributed by atoms with E-state index in [4.69, 9.17) is 0 Å². The van der Waals surface area contributed by atoms with Crippen LogP contribution in [0.5, 0.6) is 0 Å².